The van der Waals surface area contributed by atoms with E-state index >= 15 is 0 Å². The third kappa shape index (κ3) is 5.12. The van der Waals surface area contributed by atoms with Gasteiger partial charge in [0, 0.05) is 17.8 Å². The van der Waals surface area contributed by atoms with Crippen molar-refractivity contribution in [3.05, 3.63) is 53.1 Å². The van der Waals surface area contributed by atoms with Crippen LogP contribution < -0.4 is 14.8 Å². The van der Waals surface area contributed by atoms with Gasteiger partial charge in [-0.3, -0.25) is 9.52 Å². The van der Waals surface area contributed by atoms with Crippen molar-refractivity contribution in [3.63, 3.8) is 0 Å². The number of nitrogens with one attached hydrogen (secondary N) is 2. The summed E-state index contributed by atoms with van der Waals surface area (Å²) in [4.78, 5) is 12.0. The molecule has 0 aliphatic heterocycles. The predicted octanol–water partition coefficient (Wildman–Crippen LogP) is 3.54. The Kier molecular flexibility index (Phi) is 6.50. The van der Waals surface area contributed by atoms with Crippen molar-refractivity contribution >= 4 is 33.2 Å². The second-order valence-electron chi connectivity index (χ2n) is 6.08. The number of rotatable bonds is 7. The average Bonchev–Trinajstić information content (AvgIpc) is 2.60. The Bertz CT molecular complexity index is 881. The van der Waals surface area contributed by atoms with Crippen LogP contribution in [0.25, 0.3) is 0 Å². The summed E-state index contributed by atoms with van der Waals surface area (Å²) in [5.74, 6) is 0.539. The lowest BCUT2D eigenvalue weighted by Gasteiger charge is -2.12. The Morgan fingerprint density at radius 3 is 2.38 bits per heavy atom. The Morgan fingerprint density at radius 1 is 1.15 bits per heavy atom. The number of halogens is 1. The van der Waals surface area contributed by atoms with Crippen LogP contribution in [-0.2, 0) is 10.0 Å². The monoisotopic (exact) mass is 396 g/mol. The highest BCUT2D eigenvalue weighted by Crippen LogP contribution is 2.26. The maximum absolute atomic E-state index is 12.7. The number of hydrogen-bond acceptors (Lipinski definition) is 4. The summed E-state index contributed by atoms with van der Waals surface area (Å²) in [6.45, 7) is 4.43. The molecule has 6 nitrogen and oxygen atoms in total. The van der Waals surface area contributed by atoms with E-state index in [1.165, 1.54) is 25.3 Å². The van der Waals surface area contributed by atoms with E-state index in [2.05, 4.69) is 10.0 Å². The Morgan fingerprint density at radius 2 is 1.81 bits per heavy atom. The molecule has 0 fully saturated rings. The molecule has 0 spiro atoms. The number of carbonyl (C=O) groups is 1. The summed E-state index contributed by atoms with van der Waals surface area (Å²) in [6, 6.07) is 10.6. The van der Waals surface area contributed by atoms with Gasteiger partial charge in [-0.25, -0.2) is 8.42 Å². The summed E-state index contributed by atoms with van der Waals surface area (Å²) < 4.78 is 32.8. The van der Waals surface area contributed by atoms with E-state index in [-0.39, 0.29) is 27.3 Å². The Labute approximate surface area is 158 Å². The molecule has 2 N–H and O–H groups in total. The zero-order valence-corrected chi connectivity index (χ0v) is 16.3. The van der Waals surface area contributed by atoms with Gasteiger partial charge in [0.25, 0.3) is 15.9 Å². The van der Waals surface area contributed by atoms with E-state index in [4.69, 9.17) is 16.3 Å². The molecule has 26 heavy (non-hydrogen) atoms. The van der Waals surface area contributed by atoms with Gasteiger partial charge in [0.1, 0.15) is 10.6 Å². The van der Waals surface area contributed by atoms with Crippen molar-refractivity contribution in [3.8, 4) is 5.75 Å². The summed E-state index contributed by atoms with van der Waals surface area (Å²) in [7, 11) is -2.43. The molecule has 0 heterocycles. The lowest BCUT2D eigenvalue weighted by Crippen LogP contribution is -2.27. The van der Waals surface area contributed by atoms with Gasteiger partial charge < -0.3 is 10.1 Å². The average molecular weight is 397 g/mol. The highest BCUT2D eigenvalue weighted by molar-refractivity contribution is 7.92. The number of carbonyl (C=O) groups excluding carboxylic acids is 1. The zero-order chi connectivity index (χ0) is 19.3. The largest absolute Gasteiger partial charge is 0.497 e. The van der Waals surface area contributed by atoms with Gasteiger partial charge >= 0.3 is 0 Å². The zero-order valence-electron chi connectivity index (χ0n) is 14.7. The maximum Gasteiger partial charge on any atom is 0.263 e. The summed E-state index contributed by atoms with van der Waals surface area (Å²) in [6.07, 6.45) is 0. The van der Waals surface area contributed by atoms with Crippen LogP contribution >= 0.6 is 11.6 Å². The van der Waals surface area contributed by atoms with Gasteiger partial charge in [-0.15, -0.1) is 0 Å². The number of methoxy groups -OCH3 is 1. The van der Waals surface area contributed by atoms with Crippen molar-refractivity contribution in [2.45, 2.75) is 18.7 Å². The molecule has 2 aromatic carbocycles. The van der Waals surface area contributed by atoms with Crippen LogP contribution in [-0.4, -0.2) is 28.0 Å². The minimum Gasteiger partial charge on any atom is -0.497 e. The maximum atomic E-state index is 12.7. The molecular formula is C18H21ClN2O4S. The summed E-state index contributed by atoms with van der Waals surface area (Å²) in [5, 5.41) is 2.78. The van der Waals surface area contributed by atoms with E-state index < -0.39 is 10.0 Å². The summed E-state index contributed by atoms with van der Waals surface area (Å²) >= 11 is 6.06. The third-order valence-corrected chi connectivity index (χ3v) is 5.36. The first-order valence-corrected chi connectivity index (χ1v) is 9.83. The number of benzene rings is 2. The quantitative estimate of drug-likeness (QED) is 0.749. The highest BCUT2D eigenvalue weighted by atomic mass is 35.5. The van der Waals surface area contributed by atoms with Crippen molar-refractivity contribution in [1.29, 1.82) is 0 Å². The molecule has 0 saturated carbocycles. The van der Waals surface area contributed by atoms with Crippen molar-refractivity contribution < 1.29 is 17.9 Å². The fourth-order valence-corrected chi connectivity index (χ4v) is 3.70. The van der Waals surface area contributed by atoms with Gasteiger partial charge in [0.15, 0.2) is 0 Å². The van der Waals surface area contributed by atoms with Crippen LogP contribution in [0.2, 0.25) is 5.02 Å². The normalized spacial score (nSPS) is 11.3. The second-order valence-corrected chi connectivity index (χ2v) is 8.14. The molecule has 8 heteroatoms. The minimum atomic E-state index is -3.95. The third-order valence-electron chi connectivity index (χ3n) is 3.50. The highest BCUT2D eigenvalue weighted by Gasteiger charge is 2.20. The fourth-order valence-electron chi connectivity index (χ4n) is 2.12. The van der Waals surface area contributed by atoms with Crippen LogP contribution in [0.4, 0.5) is 5.69 Å². The van der Waals surface area contributed by atoms with E-state index in [0.717, 1.165) is 0 Å². The van der Waals surface area contributed by atoms with Crippen LogP contribution in [0.3, 0.4) is 0 Å². The molecule has 0 aromatic heterocycles. The Balaban J connectivity index is 2.27. The number of hydrogen-bond donors (Lipinski definition) is 2. The first-order valence-electron chi connectivity index (χ1n) is 7.97. The summed E-state index contributed by atoms with van der Waals surface area (Å²) in [5.41, 5.74) is 0.585. The first kappa shape index (κ1) is 20.1. The topological polar surface area (TPSA) is 84.5 Å². The van der Waals surface area contributed by atoms with Crippen LogP contribution in [0, 0.1) is 5.92 Å². The molecule has 0 unspecified atom stereocenters. The lowest BCUT2D eigenvalue weighted by molar-refractivity contribution is 0.0949. The molecule has 0 aliphatic rings. The minimum absolute atomic E-state index is 0.0337. The lowest BCUT2D eigenvalue weighted by atomic mass is 10.2. The van der Waals surface area contributed by atoms with Gasteiger partial charge in [-0.2, -0.15) is 0 Å². The molecule has 0 aliphatic carbocycles. The van der Waals surface area contributed by atoms with Gasteiger partial charge in [-0.05, 0) is 48.4 Å². The molecule has 140 valence electrons. The van der Waals surface area contributed by atoms with Crippen molar-refractivity contribution in [2.24, 2.45) is 5.92 Å². The molecule has 2 rings (SSSR count). The molecule has 1 amide bonds. The molecule has 0 atom stereocenters. The van der Waals surface area contributed by atoms with E-state index in [9.17, 15) is 13.2 Å². The number of ether oxygens (including phenoxy) is 1. The molecular weight excluding hydrogens is 376 g/mol. The van der Waals surface area contributed by atoms with Crippen LogP contribution in [0.15, 0.2) is 47.4 Å². The van der Waals surface area contributed by atoms with E-state index in [0.29, 0.717) is 18.0 Å². The molecule has 0 bridgehead atoms. The number of sulfonamides is 1. The molecule has 2 aromatic rings. The number of anilines is 1. The second kappa shape index (κ2) is 8.42. The first-order chi connectivity index (χ1) is 12.2. The van der Waals surface area contributed by atoms with Gasteiger partial charge in [-0.1, -0.05) is 25.4 Å². The molecule has 0 radical (unpaired) electrons. The predicted molar refractivity (Wildman–Crippen MR) is 102 cm³/mol. The van der Waals surface area contributed by atoms with Gasteiger partial charge in [0.2, 0.25) is 0 Å². The number of amides is 1. The fraction of sp³-hybridized carbons (Fsp3) is 0.278. The van der Waals surface area contributed by atoms with Crippen LogP contribution in [0.5, 0.6) is 5.75 Å². The van der Waals surface area contributed by atoms with Gasteiger partial charge in [0.05, 0.1) is 12.1 Å². The molecule has 0 saturated heterocycles. The SMILES string of the molecule is COc1ccc(NS(=O)(=O)c2cc(C(=O)NCC(C)C)ccc2Cl)cc1. The van der Waals surface area contributed by atoms with E-state index in [1.807, 2.05) is 13.8 Å². The van der Waals surface area contributed by atoms with Crippen LogP contribution in [0.1, 0.15) is 24.2 Å². The Hall–Kier alpha value is -2.25. The smallest absolute Gasteiger partial charge is 0.263 e. The van der Waals surface area contributed by atoms with Crippen molar-refractivity contribution in [2.75, 3.05) is 18.4 Å². The van der Waals surface area contributed by atoms with Crippen molar-refractivity contribution in [1.82, 2.24) is 5.32 Å². The van der Waals surface area contributed by atoms with E-state index in [1.54, 1.807) is 24.3 Å². The standard InChI is InChI=1S/C18H21ClN2O4S/c1-12(2)11-20-18(22)13-4-9-16(19)17(10-13)26(23,24)21-14-5-7-15(25-3)8-6-14/h4-10,12,21H,11H2,1-3H3,(H,20,22).